The molecule has 0 atom stereocenters. The number of halogens is 3. The first kappa shape index (κ1) is 11.8. The summed E-state index contributed by atoms with van der Waals surface area (Å²) >= 11 is 0. The van der Waals surface area contributed by atoms with Crippen molar-refractivity contribution >= 4 is 0 Å². The SMILES string of the molecule is COc1cc(C(F)(F)F)cc(CCN)n1. The monoisotopic (exact) mass is 220 g/mol. The molecular formula is C9H11F3N2O. The van der Waals surface area contributed by atoms with Gasteiger partial charge in [0.05, 0.1) is 12.7 Å². The van der Waals surface area contributed by atoms with Gasteiger partial charge in [-0.05, 0) is 12.6 Å². The van der Waals surface area contributed by atoms with Gasteiger partial charge in [-0.2, -0.15) is 13.2 Å². The molecule has 0 spiro atoms. The zero-order valence-corrected chi connectivity index (χ0v) is 8.14. The lowest BCUT2D eigenvalue weighted by Crippen LogP contribution is -2.10. The van der Waals surface area contributed by atoms with Gasteiger partial charge in [0.25, 0.3) is 0 Å². The molecule has 1 aromatic heterocycles. The van der Waals surface area contributed by atoms with Gasteiger partial charge in [-0.25, -0.2) is 4.98 Å². The summed E-state index contributed by atoms with van der Waals surface area (Å²) in [5, 5.41) is 0. The van der Waals surface area contributed by atoms with Gasteiger partial charge in [-0.1, -0.05) is 0 Å². The van der Waals surface area contributed by atoms with E-state index in [1.165, 1.54) is 7.11 Å². The minimum absolute atomic E-state index is 0.0479. The zero-order valence-electron chi connectivity index (χ0n) is 8.14. The van der Waals surface area contributed by atoms with Crippen LogP contribution in [-0.2, 0) is 12.6 Å². The van der Waals surface area contributed by atoms with Crippen molar-refractivity contribution in [2.75, 3.05) is 13.7 Å². The lowest BCUT2D eigenvalue weighted by atomic mass is 10.2. The van der Waals surface area contributed by atoms with Gasteiger partial charge in [0.2, 0.25) is 5.88 Å². The normalized spacial score (nSPS) is 11.5. The Hall–Kier alpha value is -1.30. The van der Waals surface area contributed by atoms with Crippen molar-refractivity contribution in [3.05, 3.63) is 23.4 Å². The summed E-state index contributed by atoms with van der Waals surface area (Å²) in [5.41, 5.74) is 4.76. The first-order chi connectivity index (χ1) is 6.97. The Morgan fingerprint density at radius 3 is 2.53 bits per heavy atom. The van der Waals surface area contributed by atoms with Gasteiger partial charge in [-0.15, -0.1) is 0 Å². The molecule has 0 amide bonds. The van der Waals surface area contributed by atoms with Crippen molar-refractivity contribution in [1.82, 2.24) is 4.98 Å². The molecule has 15 heavy (non-hydrogen) atoms. The average molecular weight is 220 g/mol. The van der Waals surface area contributed by atoms with Crippen molar-refractivity contribution in [3.8, 4) is 5.88 Å². The maximum Gasteiger partial charge on any atom is 0.416 e. The highest BCUT2D eigenvalue weighted by Crippen LogP contribution is 2.31. The molecule has 0 radical (unpaired) electrons. The Morgan fingerprint density at radius 1 is 1.40 bits per heavy atom. The van der Waals surface area contributed by atoms with Crippen LogP contribution in [0.15, 0.2) is 12.1 Å². The molecule has 0 aliphatic heterocycles. The summed E-state index contributed by atoms with van der Waals surface area (Å²) in [6.45, 7) is 0.247. The topological polar surface area (TPSA) is 48.1 Å². The van der Waals surface area contributed by atoms with Gasteiger partial charge in [0.15, 0.2) is 0 Å². The number of hydrogen-bond acceptors (Lipinski definition) is 3. The van der Waals surface area contributed by atoms with E-state index in [0.717, 1.165) is 12.1 Å². The van der Waals surface area contributed by atoms with E-state index >= 15 is 0 Å². The van der Waals surface area contributed by atoms with Crippen molar-refractivity contribution in [2.45, 2.75) is 12.6 Å². The fourth-order valence-electron chi connectivity index (χ4n) is 1.10. The summed E-state index contributed by atoms with van der Waals surface area (Å²) in [6.07, 6.45) is -4.10. The number of nitrogens with two attached hydrogens (primary N) is 1. The summed E-state index contributed by atoms with van der Waals surface area (Å²) in [7, 11) is 1.27. The molecule has 0 saturated carbocycles. The number of hydrogen-bond donors (Lipinski definition) is 1. The minimum Gasteiger partial charge on any atom is -0.481 e. The summed E-state index contributed by atoms with van der Waals surface area (Å²) in [5.74, 6) is -0.0479. The highest BCUT2D eigenvalue weighted by Gasteiger charge is 2.31. The number of pyridine rings is 1. The molecule has 1 heterocycles. The summed E-state index contributed by atoms with van der Waals surface area (Å²) < 4.78 is 41.9. The molecule has 84 valence electrons. The second-order valence-electron chi connectivity index (χ2n) is 2.93. The standard InChI is InChI=1S/C9H11F3N2O/c1-15-8-5-6(9(10,11)12)4-7(14-8)2-3-13/h4-5H,2-3,13H2,1H3. The Bertz CT molecular complexity index is 339. The van der Waals surface area contributed by atoms with Crippen LogP contribution < -0.4 is 10.5 Å². The third kappa shape index (κ3) is 3.09. The first-order valence-electron chi connectivity index (χ1n) is 4.29. The fraction of sp³-hybridized carbons (Fsp3) is 0.444. The molecule has 0 saturated heterocycles. The number of alkyl halides is 3. The molecule has 0 bridgehead atoms. The Morgan fingerprint density at radius 2 is 2.07 bits per heavy atom. The highest BCUT2D eigenvalue weighted by molar-refractivity contribution is 5.27. The number of aromatic nitrogens is 1. The highest BCUT2D eigenvalue weighted by atomic mass is 19.4. The van der Waals surface area contributed by atoms with Crippen LogP contribution in [0.4, 0.5) is 13.2 Å². The Kier molecular flexibility index (Phi) is 3.52. The molecule has 0 aliphatic carbocycles. The molecule has 2 N–H and O–H groups in total. The predicted octanol–water partition coefficient (Wildman–Crippen LogP) is 1.61. The zero-order chi connectivity index (χ0) is 11.5. The van der Waals surface area contributed by atoms with E-state index in [1.54, 1.807) is 0 Å². The van der Waals surface area contributed by atoms with Gasteiger partial charge in [-0.3, -0.25) is 0 Å². The smallest absolute Gasteiger partial charge is 0.416 e. The molecule has 1 aromatic rings. The van der Waals surface area contributed by atoms with Crippen LogP contribution in [0.2, 0.25) is 0 Å². The third-order valence-electron chi connectivity index (χ3n) is 1.79. The quantitative estimate of drug-likeness (QED) is 0.841. The van der Waals surface area contributed by atoms with Crippen LogP contribution in [0.3, 0.4) is 0 Å². The minimum atomic E-state index is -4.39. The van der Waals surface area contributed by atoms with Crippen molar-refractivity contribution in [1.29, 1.82) is 0 Å². The van der Waals surface area contributed by atoms with Crippen LogP contribution in [-0.4, -0.2) is 18.6 Å². The van der Waals surface area contributed by atoms with E-state index in [-0.39, 0.29) is 18.1 Å². The van der Waals surface area contributed by atoms with Gasteiger partial charge < -0.3 is 10.5 Å². The summed E-state index contributed by atoms with van der Waals surface area (Å²) in [4.78, 5) is 3.85. The van der Waals surface area contributed by atoms with Crippen LogP contribution in [0.25, 0.3) is 0 Å². The van der Waals surface area contributed by atoms with E-state index in [1.807, 2.05) is 0 Å². The lowest BCUT2D eigenvalue weighted by Gasteiger charge is -2.10. The molecule has 0 unspecified atom stereocenters. The predicted molar refractivity (Wildman–Crippen MR) is 48.5 cm³/mol. The third-order valence-corrected chi connectivity index (χ3v) is 1.79. The number of methoxy groups -OCH3 is 1. The number of rotatable bonds is 3. The maximum absolute atomic E-state index is 12.4. The van der Waals surface area contributed by atoms with E-state index in [4.69, 9.17) is 5.73 Å². The first-order valence-corrected chi connectivity index (χ1v) is 4.29. The van der Waals surface area contributed by atoms with Crippen LogP contribution >= 0.6 is 0 Å². The van der Waals surface area contributed by atoms with E-state index in [9.17, 15) is 13.2 Å². The largest absolute Gasteiger partial charge is 0.481 e. The number of nitrogens with zero attached hydrogens (tertiary/aromatic N) is 1. The molecular weight excluding hydrogens is 209 g/mol. The van der Waals surface area contributed by atoms with Crippen LogP contribution in [0, 0.1) is 0 Å². The molecule has 0 aliphatic rings. The molecule has 3 nitrogen and oxygen atoms in total. The fourth-order valence-corrected chi connectivity index (χ4v) is 1.10. The van der Waals surface area contributed by atoms with Crippen molar-refractivity contribution < 1.29 is 17.9 Å². The van der Waals surface area contributed by atoms with Gasteiger partial charge in [0.1, 0.15) is 0 Å². The van der Waals surface area contributed by atoms with Crippen molar-refractivity contribution in [2.24, 2.45) is 5.73 Å². The maximum atomic E-state index is 12.4. The molecule has 0 aromatic carbocycles. The Balaban J connectivity index is 3.11. The molecule has 0 fully saturated rings. The number of ether oxygens (including phenoxy) is 1. The van der Waals surface area contributed by atoms with E-state index < -0.39 is 11.7 Å². The lowest BCUT2D eigenvalue weighted by molar-refractivity contribution is -0.137. The Labute approximate surface area is 85.1 Å². The molecule has 1 rings (SSSR count). The second-order valence-corrected chi connectivity index (χ2v) is 2.93. The summed E-state index contributed by atoms with van der Waals surface area (Å²) in [6, 6.07) is 1.84. The van der Waals surface area contributed by atoms with Crippen LogP contribution in [0.1, 0.15) is 11.3 Å². The van der Waals surface area contributed by atoms with E-state index in [0.29, 0.717) is 6.42 Å². The van der Waals surface area contributed by atoms with Gasteiger partial charge >= 0.3 is 6.18 Å². The second kappa shape index (κ2) is 4.48. The van der Waals surface area contributed by atoms with Crippen LogP contribution in [0.5, 0.6) is 5.88 Å². The molecule has 6 heteroatoms. The van der Waals surface area contributed by atoms with Gasteiger partial charge in [0, 0.05) is 18.2 Å². The average Bonchev–Trinajstić information content (AvgIpc) is 2.16. The van der Waals surface area contributed by atoms with E-state index in [2.05, 4.69) is 9.72 Å². The van der Waals surface area contributed by atoms with Crippen molar-refractivity contribution in [3.63, 3.8) is 0 Å².